The standard InChI is InChI=1S/C9H13F2N3S/c1-14(2)7-13-3-6(15-7)8(12)4-9(10,11)5-8/h3H,4-5,12H2,1-2H3. The molecule has 2 N–H and O–H groups in total. The number of nitrogens with zero attached hydrogens (tertiary/aromatic N) is 2. The third-order valence-corrected chi connectivity index (χ3v) is 3.90. The van der Waals surface area contributed by atoms with Gasteiger partial charge in [0.2, 0.25) is 0 Å². The minimum Gasteiger partial charge on any atom is -0.354 e. The molecule has 1 fully saturated rings. The summed E-state index contributed by atoms with van der Waals surface area (Å²) in [4.78, 5) is 6.72. The van der Waals surface area contributed by atoms with Gasteiger partial charge in [0.05, 0.1) is 5.54 Å². The molecule has 15 heavy (non-hydrogen) atoms. The number of halogens is 2. The molecule has 0 aliphatic heterocycles. The Hall–Kier alpha value is -0.750. The first-order chi connectivity index (χ1) is 6.82. The van der Waals surface area contributed by atoms with E-state index in [0.717, 1.165) is 10.0 Å². The summed E-state index contributed by atoms with van der Waals surface area (Å²) in [5, 5.41) is 0.796. The van der Waals surface area contributed by atoms with E-state index in [9.17, 15) is 8.78 Å². The number of alkyl halides is 2. The largest absolute Gasteiger partial charge is 0.354 e. The minimum atomic E-state index is -2.60. The fraction of sp³-hybridized carbons (Fsp3) is 0.667. The van der Waals surface area contributed by atoms with Crippen LogP contribution in [0.5, 0.6) is 0 Å². The SMILES string of the molecule is CN(C)c1ncc(C2(N)CC(F)(F)C2)s1. The molecule has 1 saturated carbocycles. The summed E-state index contributed by atoms with van der Waals surface area (Å²) >= 11 is 1.38. The smallest absolute Gasteiger partial charge is 0.252 e. The van der Waals surface area contributed by atoms with Gasteiger partial charge >= 0.3 is 0 Å². The van der Waals surface area contributed by atoms with Crippen molar-refractivity contribution in [1.29, 1.82) is 0 Å². The summed E-state index contributed by atoms with van der Waals surface area (Å²) in [6.07, 6.45) is 1.07. The summed E-state index contributed by atoms with van der Waals surface area (Å²) in [6, 6.07) is 0. The predicted octanol–water partition coefficient (Wildman–Crippen LogP) is 1.79. The molecule has 0 unspecified atom stereocenters. The van der Waals surface area contributed by atoms with Gasteiger partial charge in [-0.25, -0.2) is 13.8 Å². The molecule has 0 aromatic carbocycles. The first kappa shape index (κ1) is 10.8. The highest BCUT2D eigenvalue weighted by molar-refractivity contribution is 7.15. The average molecular weight is 233 g/mol. The van der Waals surface area contributed by atoms with Crippen LogP contribution in [0.3, 0.4) is 0 Å². The molecule has 0 bridgehead atoms. The second-order valence-corrected chi connectivity index (χ2v) is 5.28. The van der Waals surface area contributed by atoms with E-state index in [4.69, 9.17) is 5.73 Å². The second-order valence-electron chi connectivity index (χ2n) is 4.27. The maximum atomic E-state index is 12.8. The zero-order valence-corrected chi connectivity index (χ0v) is 9.44. The topological polar surface area (TPSA) is 42.2 Å². The van der Waals surface area contributed by atoms with E-state index in [0.29, 0.717) is 0 Å². The van der Waals surface area contributed by atoms with E-state index in [2.05, 4.69) is 4.98 Å². The van der Waals surface area contributed by atoms with Crippen molar-refractivity contribution in [3.05, 3.63) is 11.1 Å². The molecule has 1 aliphatic rings. The van der Waals surface area contributed by atoms with Gasteiger partial charge in [-0.1, -0.05) is 0 Å². The Morgan fingerprint density at radius 2 is 2.07 bits per heavy atom. The van der Waals surface area contributed by atoms with Gasteiger partial charge in [-0.15, -0.1) is 11.3 Å². The van der Waals surface area contributed by atoms with Gasteiger partial charge in [-0.2, -0.15) is 0 Å². The van der Waals surface area contributed by atoms with Gasteiger partial charge < -0.3 is 10.6 Å². The lowest BCUT2D eigenvalue weighted by molar-refractivity contribution is -0.124. The minimum absolute atomic E-state index is 0.269. The van der Waals surface area contributed by atoms with E-state index in [1.807, 2.05) is 19.0 Å². The molecule has 0 radical (unpaired) electrons. The molecule has 1 aromatic rings. The van der Waals surface area contributed by atoms with Crippen LogP contribution in [0.2, 0.25) is 0 Å². The van der Waals surface area contributed by atoms with E-state index in [1.165, 1.54) is 11.3 Å². The normalized spacial score (nSPS) is 22.2. The van der Waals surface area contributed by atoms with Gasteiger partial charge in [-0.05, 0) is 0 Å². The van der Waals surface area contributed by atoms with E-state index >= 15 is 0 Å². The lowest BCUT2D eigenvalue weighted by Gasteiger charge is -2.43. The third-order valence-electron chi connectivity index (χ3n) is 2.51. The number of nitrogens with two attached hydrogens (primary N) is 1. The molecule has 84 valence electrons. The van der Waals surface area contributed by atoms with Crippen molar-refractivity contribution >= 4 is 16.5 Å². The van der Waals surface area contributed by atoms with E-state index in [1.54, 1.807) is 6.20 Å². The van der Waals surface area contributed by atoms with Gasteiger partial charge in [-0.3, -0.25) is 0 Å². The quantitative estimate of drug-likeness (QED) is 0.846. The summed E-state index contributed by atoms with van der Waals surface area (Å²) in [5.74, 6) is -2.60. The van der Waals surface area contributed by atoms with Gasteiger partial charge in [0.1, 0.15) is 0 Å². The van der Waals surface area contributed by atoms with Crippen LogP contribution in [0.1, 0.15) is 17.7 Å². The number of rotatable bonds is 2. The van der Waals surface area contributed by atoms with Crippen LogP contribution in [-0.2, 0) is 5.54 Å². The Morgan fingerprint density at radius 1 is 1.47 bits per heavy atom. The number of hydrogen-bond acceptors (Lipinski definition) is 4. The molecule has 1 heterocycles. The Bertz CT molecular complexity index is 367. The summed E-state index contributed by atoms with van der Waals surface area (Å²) in [7, 11) is 3.72. The second kappa shape index (κ2) is 3.12. The molecule has 0 spiro atoms. The van der Waals surface area contributed by atoms with Gasteiger partial charge in [0.15, 0.2) is 5.13 Å². The van der Waals surface area contributed by atoms with Crippen LogP contribution in [0.4, 0.5) is 13.9 Å². The zero-order valence-electron chi connectivity index (χ0n) is 8.63. The van der Waals surface area contributed by atoms with Crippen LogP contribution in [0.15, 0.2) is 6.20 Å². The highest BCUT2D eigenvalue weighted by Crippen LogP contribution is 2.51. The zero-order chi connectivity index (χ0) is 11.3. The summed E-state index contributed by atoms with van der Waals surface area (Å²) in [6.45, 7) is 0. The lowest BCUT2D eigenvalue weighted by Crippen LogP contribution is -2.55. The fourth-order valence-electron chi connectivity index (χ4n) is 1.75. The number of anilines is 1. The van der Waals surface area contributed by atoms with Crippen LogP contribution < -0.4 is 10.6 Å². The van der Waals surface area contributed by atoms with Crippen LogP contribution in [-0.4, -0.2) is 25.0 Å². The number of aromatic nitrogens is 1. The van der Waals surface area contributed by atoms with Crippen LogP contribution in [0.25, 0.3) is 0 Å². The molecule has 1 aromatic heterocycles. The Kier molecular flexibility index (Phi) is 2.24. The molecule has 0 atom stereocenters. The predicted molar refractivity (Wildman–Crippen MR) is 56.5 cm³/mol. The van der Waals surface area contributed by atoms with Crippen molar-refractivity contribution in [2.75, 3.05) is 19.0 Å². The lowest BCUT2D eigenvalue weighted by atomic mass is 9.73. The fourth-order valence-corrected chi connectivity index (χ4v) is 2.69. The first-order valence-electron chi connectivity index (χ1n) is 4.63. The van der Waals surface area contributed by atoms with Crippen molar-refractivity contribution < 1.29 is 8.78 Å². The van der Waals surface area contributed by atoms with Crippen molar-refractivity contribution in [2.45, 2.75) is 24.3 Å². The van der Waals surface area contributed by atoms with Crippen molar-refractivity contribution in [3.63, 3.8) is 0 Å². The monoisotopic (exact) mass is 233 g/mol. The molecule has 1 aliphatic carbocycles. The molecule has 3 nitrogen and oxygen atoms in total. The van der Waals surface area contributed by atoms with Crippen LogP contribution in [0, 0.1) is 0 Å². The number of thiazole rings is 1. The molecular weight excluding hydrogens is 220 g/mol. The molecule has 6 heteroatoms. The summed E-state index contributed by atoms with van der Waals surface area (Å²) < 4.78 is 25.6. The first-order valence-corrected chi connectivity index (χ1v) is 5.44. The Balaban J connectivity index is 2.17. The third kappa shape index (κ3) is 1.83. The molecule has 2 rings (SSSR count). The maximum Gasteiger partial charge on any atom is 0.252 e. The highest BCUT2D eigenvalue weighted by Gasteiger charge is 2.56. The van der Waals surface area contributed by atoms with Crippen molar-refractivity contribution in [3.8, 4) is 0 Å². The average Bonchev–Trinajstić information content (AvgIpc) is 2.47. The molecular formula is C9H13F2N3S. The van der Waals surface area contributed by atoms with E-state index in [-0.39, 0.29) is 12.8 Å². The molecule has 0 amide bonds. The Morgan fingerprint density at radius 3 is 2.47 bits per heavy atom. The molecule has 0 saturated heterocycles. The van der Waals surface area contributed by atoms with E-state index < -0.39 is 11.5 Å². The summed E-state index contributed by atoms with van der Waals surface area (Å²) in [5.41, 5.74) is 5.02. The maximum absolute atomic E-state index is 12.8. The highest BCUT2D eigenvalue weighted by atomic mass is 32.1. The van der Waals surface area contributed by atoms with Crippen molar-refractivity contribution in [1.82, 2.24) is 4.98 Å². The van der Waals surface area contributed by atoms with Crippen molar-refractivity contribution in [2.24, 2.45) is 5.73 Å². The Labute approximate surface area is 90.9 Å². The van der Waals surface area contributed by atoms with Gasteiger partial charge in [0.25, 0.3) is 5.92 Å². The van der Waals surface area contributed by atoms with Crippen LogP contribution >= 0.6 is 11.3 Å². The van der Waals surface area contributed by atoms with Gasteiger partial charge in [0, 0.05) is 38.0 Å². The number of hydrogen-bond donors (Lipinski definition) is 1.